The molecule has 0 radical (unpaired) electrons. The average Bonchev–Trinajstić information content (AvgIpc) is 2.17. The first-order valence-corrected chi connectivity index (χ1v) is 6.59. The van der Waals surface area contributed by atoms with Gasteiger partial charge in [0, 0.05) is 11.8 Å². The molecule has 0 amide bonds. The highest BCUT2D eigenvalue weighted by molar-refractivity contribution is 7.90. The molecule has 0 heterocycles. The van der Waals surface area contributed by atoms with Crippen molar-refractivity contribution in [1.82, 2.24) is 0 Å². The molecule has 0 saturated carbocycles. The molecule has 100 valence electrons. The van der Waals surface area contributed by atoms with Gasteiger partial charge in [-0.05, 0) is 18.2 Å². The van der Waals surface area contributed by atoms with E-state index in [4.69, 9.17) is 5.11 Å². The Morgan fingerprint density at radius 2 is 2.06 bits per heavy atom. The summed E-state index contributed by atoms with van der Waals surface area (Å²) in [6, 6.07) is 3.11. The predicted molar refractivity (Wildman–Crippen MR) is 57.5 cm³/mol. The molecule has 1 aromatic rings. The highest BCUT2D eigenvalue weighted by Gasteiger charge is 2.16. The van der Waals surface area contributed by atoms with E-state index in [1.165, 1.54) is 0 Å². The summed E-state index contributed by atoms with van der Waals surface area (Å²) >= 11 is 0. The Morgan fingerprint density at radius 1 is 1.44 bits per heavy atom. The van der Waals surface area contributed by atoms with Crippen molar-refractivity contribution in [2.24, 2.45) is 0 Å². The molecule has 0 aliphatic carbocycles. The molecule has 0 aromatic heterocycles. The van der Waals surface area contributed by atoms with Gasteiger partial charge >= 0.3 is 12.6 Å². The minimum Gasteiger partial charge on any atom is -0.481 e. The van der Waals surface area contributed by atoms with Gasteiger partial charge in [-0.3, -0.25) is 4.79 Å². The Balaban J connectivity index is 3.24. The average molecular weight is 280 g/mol. The molecule has 1 rings (SSSR count). The Labute approximate surface area is 102 Å². The summed E-state index contributed by atoms with van der Waals surface area (Å²) in [5, 5.41) is 8.63. The largest absolute Gasteiger partial charge is 0.481 e. The summed E-state index contributed by atoms with van der Waals surface area (Å²) < 4.78 is 50.8. The van der Waals surface area contributed by atoms with Crippen LogP contribution in [0.4, 0.5) is 8.78 Å². The number of carboxylic acid groups (broad SMARTS) is 1. The first kappa shape index (κ1) is 14.4. The zero-order valence-corrected chi connectivity index (χ0v) is 10.1. The lowest BCUT2D eigenvalue weighted by molar-refractivity contribution is -0.136. The smallest absolute Gasteiger partial charge is 0.387 e. The number of carbonyl (C=O) groups is 1. The van der Waals surface area contributed by atoms with Gasteiger partial charge < -0.3 is 9.84 Å². The lowest BCUT2D eigenvalue weighted by atomic mass is 10.1. The van der Waals surface area contributed by atoms with Gasteiger partial charge in [-0.2, -0.15) is 8.78 Å². The number of ether oxygens (including phenoxy) is 1. The Bertz CT molecular complexity index is 553. The van der Waals surface area contributed by atoms with Gasteiger partial charge in [-0.15, -0.1) is 0 Å². The summed E-state index contributed by atoms with van der Waals surface area (Å²) in [5.41, 5.74) is -0.120. The number of benzene rings is 1. The molecule has 0 spiro atoms. The molecular formula is C10H10F2O5S. The fourth-order valence-electron chi connectivity index (χ4n) is 1.30. The topological polar surface area (TPSA) is 80.7 Å². The molecular weight excluding hydrogens is 270 g/mol. The maximum atomic E-state index is 12.1. The SMILES string of the molecule is CS(=O)(=O)c1ccc(OC(F)F)c(CC(=O)O)c1. The molecule has 0 aliphatic heterocycles. The third-order valence-electron chi connectivity index (χ3n) is 2.02. The molecule has 8 heteroatoms. The normalized spacial score (nSPS) is 11.6. The standard InChI is InChI=1S/C10H10F2O5S/c1-18(15,16)7-2-3-8(17-10(11)12)6(4-7)5-9(13)14/h2-4,10H,5H2,1H3,(H,13,14). The summed E-state index contributed by atoms with van der Waals surface area (Å²) in [5.74, 6) is -1.63. The summed E-state index contributed by atoms with van der Waals surface area (Å²) in [6.45, 7) is -3.11. The number of hydrogen-bond donors (Lipinski definition) is 1. The fourth-order valence-corrected chi connectivity index (χ4v) is 1.97. The van der Waals surface area contributed by atoms with Crippen LogP contribution in [0.3, 0.4) is 0 Å². The zero-order chi connectivity index (χ0) is 13.9. The number of sulfone groups is 1. The van der Waals surface area contributed by atoms with Crippen molar-refractivity contribution in [1.29, 1.82) is 0 Å². The van der Waals surface area contributed by atoms with E-state index in [0.717, 1.165) is 24.5 Å². The van der Waals surface area contributed by atoms with E-state index in [9.17, 15) is 22.0 Å². The van der Waals surface area contributed by atoms with Crippen molar-refractivity contribution in [3.05, 3.63) is 23.8 Å². The highest BCUT2D eigenvalue weighted by atomic mass is 32.2. The third kappa shape index (κ3) is 3.95. The van der Waals surface area contributed by atoms with Gasteiger partial charge in [0.05, 0.1) is 11.3 Å². The first-order chi connectivity index (χ1) is 8.20. The molecule has 5 nitrogen and oxygen atoms in total. The van der Waals surface area contributed by atoms with Crippen molar-refractivity contribution in [2.75, 3.05) is 6.26 Å². The van der Waals surface area contributed by atoms with Gasteiger partial charge in [0.15, 0.2) is 9.84 Å². The number of carboxylic acids is 1. The Hall–Kier alpha value is -1.70. The molecule has 1 aromatic carbocycles. The maximum absolute atomic E-state index is 12.1. The van der Waals surface area contributed by atoms with Gasteiger partial charge in [0.25, 0.3) is 0 Å². The van der Waals surface area contributed by atoms with Crippen LogP contribution >= 0.6 is 0 Å². The lowest BCUT2D eigenvalue weighted by Crippen LogP contribution is -2.09. The van der Waals surface area contributed by atoms with Gasteiger partial charge in [0.1, 0.15) is 5.75 Å². The van der Waals surface area contributed by atoms with Crippen LogP contribution in [0.1, 0.15) is 5.56 Å². The van der Waals surface area contributed by atoms with Crippen LogP contribution in [0, 0.1) is 0 Å². The van der Waals surface area contributed by atoms with Gasteiger partial charge in [0.2, 0.25) is 0 Å². The molecule has 1 N–H and O–H groups in total. The van der Waals surface area contributed by atoms with Crippen molar-refractivity contribution in [3.63, 3.8) is 0 Å². The van der Waals surface area contributed by atoms with E-state index in [-0.39, 0.29) is 16.2 Å². The van der Waals surface area contributed by atoms with Gasteiger partial charge in [-0.25, -0.2) is 8.42 Å². The van der Waals surface area contributed by atoms with Crippen LogP contribution in [0.5, 0.6) is 5.75 Å². The fraction of sp³-hybridized carbons (Fsp3) is 0.300. The zero-order valence-electron chi connectivity index (χ0n) is 9.26. The van der Waals surface area contributed by atoms with Crippen molar-refractivity contribution in [3.8, 4) is 5.75 Å². The number of hydrogen-bond acceptors (Lipinski definition) is 4. The number of aliphatic carboxylic acids is 1. The van der Waals surface area contributed by atoms with Crippen LogP contribution in [0.25, 0.3) is 0 Å². The molecule has 0 atom stereocenters. The van der Waals surface area contributed by atoms with E-state index in [1.807, 2.05) is 0 Å². The van der Waals surface area contributed by atoms with Crippen molar-refractivity contribution in [2.45, 2.75) is 17.9 Å². The third-order valence-corrected chi connectivity index (χ3v) is 3.13. The van der Waals surface area contributed by atoms with Gasteiger partial charge in [-0.1, -0.05) is 0 Å². The minimum absolute atomic E-state index is 0.120. The van der Waals surface area contributed by atoms with E-state index in [1.54, 1.807) is 0 Å². The highest BCUT2D eigenvalue weighted by Crippen LogP contribution is 2.24. The van der Waals surface area contributed by atoms with Crippen LogP contribution < -0.4 is 4.74 Å². The number of rotatable bonds is 5. The summed E-state index contributed by atoms with van der Waals surface area (Å²) in [7, 11) is -3.54. The molecule has 18 heavy (non-hydrogen) atoms. The summed E-state index contributed by atoms with van der Waals surface area (Å²) in [4.78, 5) is 10.4. The molecule has 0 fully saturated rings. The van der Waals surface area contributed by atoms with Crippen molar-refractivity contribution >= 4 is 15.8 Å². The second kappa shape index (κ2) is 5.30. The molecule has 0 unspecified atom stereocenters. The van der Waals surface area contributed by atoms with E-state index in [2.05, 4.69) is 4.74 Å². The summed E-state index contributed by atoms with van der Waals surface area (Å²) in [6.07, 6.45) is 0.325. The second-order valence-corrected chi connectivity index (χ2v) is 5.51. The monoisotopic (exact) mass is 280 g/mol. The van der Waals surface area contributed by atoms with E-state index < -0.39 is 28.8 Å². The minimum atomic E-state index is -3.54. The Morgan fingerprint density at radius 3 is 2.50 bits per heavy atom. The van der Waals surface area contributed by atoms with Crippen LogP contribution in [0.2, 0.25) is 0 Å². The Kier molecular flexibility index (Phi) is 4.23. The number of alkyl halides is 2. The number of halogens is 2. The molecule has 0 aliphatic rings. The van der Waals surface area contributed by atoms with E-state index >= 15 is 0 Å². The first-order valence-electron chi connectivity index (χ1n) is 4.69. The van der Waals surface area contributed by atoms with Crippen LogP contribution in [-0.2, 0) is 21.1 Å². The molecule has 0 bridgehead atoms. The van der Waals surface area contributed by atoms with Crippen LogP contribution in [0.15, 0.2) is 23.1 Å². The van der Waals surface area contributed by atoms with Crippen molar-refractivity contribution < 1.29 is 31.8 Å². The van der Waals surface area contributed by atoms with Crippen LogP contribution in [-0.4, -0.2) is 32.4 Å². The second-order valence-electron chi connectivity index (χ2n) is 3.49. The molecule has 0 saturated heterocycles. The predicted octanol–water partition coefficient (Wildman–Crippen LogP) is 1.32. The van der Waals surface area contributed by atoms with E-state index in [0.29, 0.717) is 0 Å². The lowest BCUT2D eigenvalue weighted by Gasteiger charge is -2.10. The maximum Gasteiger partial charge on any atom is 0.387 e. The quantitative estimate of drug-likeness (QED) is 0.879.